The van der Waals surface area contributed by atoms with E-state index in [2.05, 4.69) is 14.7 Å². The number of amides is 1. The highest BCUT2D eigenvalue weighted by Crippen LogP contribution is 2.53. The third kappa shape index (κ3) is 4.65. The lowest BCUT2D eigenvalue weighted by molar-refractivity contribution is -0.139. The van der Waals surface area contributed by atoms with Gasteiger partial charge in [0, 0.05) is 16.0 Å². The van der Waals surface area contributed by atoms with Crippen LogP contribution in [0.15, 0.2) is 48.5 Å². The minimum absolute atomic E-state index is 0.00223. The lowest BCUT2D eigenvalue weighted by Gasteiger charge is -2.15. The smallest absolute Gasteiger partial charge is 0.412 e. The number of benzene rings is 2. The predicted octanol–water partition coefficient (Wildman–Crippen LogP) is 8.16. The minimum atomic E-state index is -0.850. The number of carbonyl (C=O) groups excluding carboxylic acids is 1. The van der Waals surface area contributed by atoms with Crippen molar-refractivity contribution in [1.29, 1.82) is 0 Å². The Kier molecular flexibility index (Phi) is 6.64. The molecule has 1 fully saturated rings. The van der Waals surface area contributed by atoms with Crippen LogP contribution in [0.2, 0.25) is 0 Å². The average molecular weight is 598 g/mol. The summed E-state index contributed by atoms with van der Waals surface area (Å²) < 4.78 is 41.3. The first kappa shape index (κ1) is 26.5. The van der Waals surface area contributed by atoms with Gasteiger partial charge in [-0.3, -0.25) is 10.1 Å². The zero-order valence-electron chi connectivity index (χ0n) is 21.2. The molecular formula is C28H21F2N3O4S3. The number of halogens is 2. The van der Waals surface area contributed by atoms with Crippen molar-refractivity contribution in [1.82, 2.24) is 9.36 Å². The van der Waals surface area contributed by atoms with Gasteiger partial charge in [0.15, 0.2) is 0 Å². The number of fused-ring (bicyclic) bond motifs is 1. The minimum Gasteiger partial charge on any atom is -0.481 e. The Balaban J connectivity index is 1.26. The number of ether oxygens (including phenoxy) is 1. The Hall–Kier alpha value is -3.74. The number of aliphatic carboxylic acids is 1. The van der Waals surface area contributed by atoms with Gasteiger partial charge in [0.2, 0.25) is 0 Å². The molecule has 1 aliphatic rings. The molecule has 7 nitrogen and oxygen atoms in total. The summed E-state index contributed by atoms with van der Waals surface area (Å²) in [6.07, 6.45) is -0.0892. The maximum Gasteiger partial charge on any atom is 0.412 e. The average Bonchev–Trinajstić information content (AvgIpc) is 3.34. The first-order valence-corrected chi connectivity index (χ1v) is 14.7. The number of carboxylic acid groups (broad SMARTS) is 1. The molecule has 6 rings (SSSR count). The highest BCUT2D eigenvalue weighted by molar-refractivity contribution is 7.28. The van der Waals surface area contributed by atoms with Gasteiger partial charge in [0.1, 0.15) is 33.0 Å². The van der Waals surface area contributed by atoms with Crippen LogP contribution in [0.3, 0.4) is 0 Å². The van der Waals surface area contributed by atoms with E-state index in [1.54, 1.807) is 19.9 Å². The van der Waals surface area contributed by atoms with Gasteiger partial charge in [0.25, 0.3) is 0 Å². The van der Waals surface area contributed by atoms with Crippen molar-refractivity contribution < 1.29 is 28.2 Å². The second-order valence-corrected chi connectivity index (χ2v) is 12.4. The number of nitrogens with one attached hydrogen (secondary N) is 1. The normalized spacial score (nSPS) is 14.7. The van der Waals surface area contributed by atoms with Crippen molar-refractivity contribution in [2.75, 3.05) is 5.32 Å². The molecule has 12 heteroatoms. The van der Waals surface area contributed by atoms with Gasteiger partial charge in [-0.1, -0.05) is 30.3 Å². The zero-order chi connectivity index (χ0) is 28.2. The van der Waals surface area contributed by atoms with Gasteiger partial charge in [-0.05, 0) is 62.0 Å². The van der Waals surface area contributed by atoms with E-state index in [0.717, 1.165) is 38.8 Å². The van der Waals surface area contributed by atoms with Crippen molar-refractivity contribution in [3.8, 4) is 21.0 Å². The van der Waals surface area contributed by atoms with Crippen molar-refractivity contribution in [3.63, 3.8) is 0 Å². The van der Waals surface area contributed by atoms with E-state index in [4.69, 9.17) is 4.74 Å². The highest BCUT2D eigenvalue weighted by atomic mass is 32.1. The molecule has 0 radical (unpaired) electrons. The third-order valence-electron chi connectivity index (χ3n) is 6.89. The van der Waals surface area contributed by atoms with E-state index < -0.39 is 35.2 Å². The molecule has 0 spiro atoms. The summed E-state index contributed by atoms with van der Waals surface area (Å²) in [7, 11) is 0. The van der Waals surface area contributed by atoms with Crippen LogP contribution in [0.4, 0.5) is 19.3 Å². The van der Waals surface area contributed by atoms with E-state index >= 15 is 8.78 Å². The maximum atomic E-state index is 15.4. The molecule has 1 aliphatic carbocycles. The van der Waals surface area contributed by atoms with E-state index in [9.17, 15) is 14.7 Å². The van der Waals surface area contributed by atoms with E-state index in [0.29, 0.717) is 28.4 Å². The number of aryl methyl sites for hydroxylation is 1. The summed E-state index contributed by atoms with van der Waals surface area (Å²) in [4.78, 5) is 30.4. The summed E-state index contributed by atoms with van der Waals surface area (Å²) in [5.41, 5.74) is 0.622. The lowest BCUT2D eigenvalue weighted by Crippen LogP contribution is -2.17. The number of nitrogens with zero attached hydrogens (tertiary/aromatic N) is 2. The van der Waals surface area contributed by atoms with Gasteiger partial charge in [-0.2, -0.15) is 4.37 Å². The molecule has 0 bridgehead atoms. The molecular weight excluding hydrogens is 577 g/mol. The molecule has 0 saturated heterocycles. The zero-order valence-corrected chi connectivity index (χ0v) is 23.6. The van der Waals surface area contributed by atoms with Crippen LogP contribution in [-0.2, 0) is 14.9 Å². The quantitative estimate of drug-likeness (QED) is 0.196. The SMILES string of the molecule is Cc1nsc(-c2cc(F)c(-c3nc4sc(C5(C(=O)O)CC5)cc4s3)cc2F)c1NC(=O)O[C@H](C)c1ccccc1. The monoisotopic (exact) mass is 597 g/mol. The molecule has 40 heavy (non-hydrogen) atoms. The molecule has 204 valence electrons. The lowest BCUT2D eigenvalue weighted by atomic mass is 10.1. The van der Waals surface area contributed by atoms with Crippen LogP contribution >= 0.6 is 34.2 Å². The van der Waals surface area contributed by atoms with Crippen LogP contribution in [0.25, 0.3) is 30.5 Å². The van der Waals surface area contributed by atoms with Crippen molar-refractivity contribution in [2.24, 2.45) is 0 Å². The molecule has 3 heterocycles. The molecule has 1 saturated carbocycles. The number of carbonyl (C=O) groups is 2. The van der Waals surface area contributed by atoms with Crippen LogP contribution in [0, 0.1) is 18.6 Å². The van der Waals surface area contributed by atoms with Gasteiger partial charge in [0.05, 0.1) is 21.0 Å². The molecule has 0 unspecified atom stereocenters. The number of thiazole rings is 1. The van der Waals surface area contributed by atoms with Crippen molar-refractivity contribution in [3.05, 3.63) is 76.3 Å². The summed E-state index contributed by atoms with van der Waals surface area (Å²) in [6.45, 7) is 3.40. The van der Waals surface area contributed by atoms with Crippen LogP contribution in [0.1, 0.15) is 42.0 Å². The largest absolute Gasteiger partial charge is 0.481 e. The Morgan fingerprint density at radius 1 is 1.07 bits per heavy atom. The first-order chi connectivity index (χ1) is 19.2. The number of anilines is 1. The standard InChI is InChI=1S/C28H21F2N3O4S3/c1-13-22(31-27(36)37-14(2)15-6-4-3-5-7-15)23(40-33-13)16-10-19(30)17(11-18(16)29)24-32-25-20(38-24)12-21(39-25)28(8-9-28)26(34)35/h3-7,10-12,14H,8-9H2,1-2H3,(H,31,36)(H,34,35)/t14-/m1/s1. The first-order valence-electron chi connectivity index (χ1n) is 12.3. The number of carboxylic acids is 1. The fraction of sp³-hybridized carbons (Fsp3) is 0.214. The summed E-state index contributed by atoms with van der Waals surface area (Å²) in [5, 5.41) is 12.5. The number of rotatable bonds is 7. The van der Waals surface area contributed by atoms with Crippen LogP contribution in [-0.4, -0.2) is 26.5 Å². The molecule has 2 aromatic carbocycles. The van der Waals surface area contributed by atoms with Crippen molar-refractivity contribution >= 4 is 61.5 Å². The van der Waals surface area contributed by atoms with Crippen LogP contribution in [0.5, 0.6) is 0 Å². The van der Waals surface area contributed by atoms with Gasteiger partial charge < -0.3 is 9.84 Å². The van der Waals surface area contributed by atoms with Gasteiger partial charge in [-0.25, -0.2) is 18.6 Å². The van der Waals surface area contributed by atoms with Gasteiger partial charge in [-0.15, -0.1) is 22.7 Å². The molecule has 3 aromatic heterocycles. The second-order valence-electron chi connectivity index (χ2n) is 9.55. The molecule has 1 atom stereocenters. The highest BCUT2D eigenvalue weighted by Gasteiger charge is 2.53. The topological polar surface area (TPSA) is 101 Å². The molecule has 2 N–H and O–H groups in total. The molecule has 5 aromatic rings. The van der Waals surface area contributed by atoms with E-state index in [1.807, 2.05) is 30.3 Å². The van der Waals surface area contributed by atoms with E-state index in [1.165, 1.54) is 22.7 Å². The number of aromatic nitrogens is 2. The Morgan fingerprint density at radius 3 is 2.45 bits per heavy atom. The number of thiophene rings is 1. The Bertz CT molecular complexity index is 1740. The molecule has 0 aliphatic heterocycles. The summed E-state index contributed by atoms with van der Waals surface area (Å²) in [5.74, 6) is -2.23. The molecule has 1 amide bonds. The van der Waals surface area contributed by atoms with Crippen LogP contribution < -0.4 is 5.32 Å². The fourth-order valence-electron chi connectivity index (χ4n) is 4.45. The van der Waals surface area contributed by atoms with Gasteiger partial charge >= 0.3 is 12.1 Å². The maximum absolute atomic E-state index is 15.4. The Labute approximate surface area is 239 Å². The fourth-order valence-corrected chi connectivity index (χ4v) is 7.78. The summed E-state index contributed by atoms with van der Waals surface area (Å²) >= 11 is 3.41. The number of hydrogen-bond donors (Lipinski definition) is 2. The Morgan fingerprint density at radius 2 is 1.77 bits per heavy atom. The van der Waals surface area contributed by atoms with E-state index in [-0.39, 0.29) is 21.7 Å². The van der Waals surface area contributed by atoms with Crippen molar-refractivity contribution in [2.45, 2.75) is 38.2 Å². The summed E-state index contributed by atoms with van der Waals surface area (Å²) in [6, 6.07) is 13.2. The number of hydrogen-bond acceptors (Lipinski definition) is 8. The second kappa shape index (κ2) is 10.0. The third-order valence-corrected chi connectivity index (χ3v) is 10.3. The predicted molar refractivity (Wildman–Crippen MR) is 152 cm³/mol.